The quantitative estimate of drug-likeness (QED) is 0.754. The Morgan fingerprint density at radius 2 is 1.87 bits per heavy atom. The molecule has 0 atom stereocenters. The first-order valence-electron chi connectivity index (χ1n) is 8.03. The number of para-hydroxylation sites is 1. The van der Waals surface area contributed by atoms with Gasteiger partial charge in [0.25, 0.3) is 5.56 Å². The molecular weight excluding hydrogens is 284 g/mol. The van der Waals surface area contributed by atoms with Crippen molar-refractivity contribution in [1.82, 2.24) is 4.98 Å². The van der Waals surface area contributed by atoms with Gasteiger partial charge in [0, 0.05) is 23.3 Å². The van der Waals surface area contributed by atoms with Crippen LogP contribution in [0.2, 0.25) is 0 Å². The largest absolute Gasteiger partial charge is 0.380 e. The number of aromatic amines is 1. The van der Waals surface area contributed by atoms with Gasteiger partial charge in [-0.2, -0.15) is 0 Å². The zero-order valence-corrected chi connectivity index (χ0v) is 13.9. The molecule has 0 aliphatic carbocycles. The first kappa shape index (κ1) is 15.3. The van der Waals surface area contributed by atoms with E-state index >= 15 is 0 Å². The van der Waals surface area contributed by atoms with Crippen LogP contribution in [0.4, 0.5) is 5.69 Å². The van der Waals surface area contributed by atoms with Gasteiger partial charge in [0.15, 0.2) is 0 Å². The molecule has 0 amide bonds. The van der Waals surface area contributed by atoms with E-state index < -0.39 is 0 Å². The fraction of sp³-hybridized carbons (Fsp3) is 0.250. The topological polar surface area (TPSA) is 44.9 Å². The van der Waals surface area contributed by atoms with Crippen LogP contribution in [0.25, 0.3) is 10.9 Å². The highest BCUT2D eigenvalue weighted by Crippen LogP contribution is 2.22. The van der Waals surface area contributed by atoms with Gasteiger partial charge in [0.2, 0.25) is 0 Å². The van der Waals surface area contributed by atoms with E-state index in [1.54, 1.807) is 0 Å². The van der Waals surface area contributed by atoms with E-state index in [1.165, 1.54) is 16.7 Å². The van der Waals surface area contributed by atoms with E-state index in [-0.39, 0.29) is 5.56 Å². The molecule has 118 valence electrons. The van der Waals surface area contributed by atoms with Gasteiger partial charge in [-0.3, -0.25) is 4.79 Å². The molecule has 0 unspecified atom stereocenters. The maximum absolute atomic E-state index is 12.3. The summed E-state index contributed by atoms with van der Waals surface area (Å²) in [5, 5.41) is 4.52. The highest BCUT2D eigenvalue weighted by Gasteiger charge is 2.07. The maximum Gasteiger partial charge on any atom is 0.253 e. The lowest BCUT2D eigenvalue weighted by Crippen LogP contribution is -2.16. The van der Waals surface area contributed by atoms with Gasteiger partial charge >= 0.3 is 0 Å². The van der Waals surface area contributed by atoms with E-state index in [9.17, 15) is 4.79 Å². The van der Waals surface area contributed by atoms with Crippen LogP contribution in [0, 0.1) is 13.8 Å². The van der Waals surface area contributed by atoms with Gasteiger partial charge in [0.1, 0.15) is 0 Å². The van der Waals surface area contributed by atoms with Crippen LogP contribution in [-0.2, 0) is 13.0 Å². The summed E-state index contributed by atoms with van der Waals surface area (Å²) in [5.41, 5.74) is 6.42. The Balaban J connectivity index is 1.93. The van der Waals surface area contributed by atoms with Crippen molar-refractivity contribution in [3.8, 4) is 0 Å². The predicted molar refractivity (Wildman–Crippen MR) is 97.2 cm³/mol. The monoisotopic (exact) mass is 306 g/mol. The number of hydrogen-bond acceptors (Lipinski definition) is 2. The number of anilines is 1. The number of benzene rings is 2. The van der Waals surface area contributed by atoms with Gasteiger partial charge in [-0.1, -0.05) is 36.8 Å². The molecule has 0 fully saturated rings. The predicted octanol–water partition coefficient (Wildman–Crippen LogP) is 4.32. The molecular formula is C20H22N2O. The van der Waals surface area contributed by atoms with Crippen LogP contribution in [0.15, 0.2) is 47.3 Å². The molecule has 3 nitrogen and oxygen atoms in total. The van der Waals surface area contributed by atoms with Crippen molar-refractivity contribution in [3.63, 3.8) is 0 Å². The third kappa shape index (κ3) is 3.14. The Morgan fingerprint density at radius 3 is 2.65 bits per heavy atom. The molecule has 1 aromatic heterocycles. The van der Waals surface area contributed by atoms with Crippen molar-refractivity contribution in [1.29, 1.82) is 0 Å². The Bertz CT molecular complexity index is 909. The van der Waals surface area contributed by atoms with E-state index in [1.807, 2.05) is 18.2 Å². The minimum absolute atomic E-state index is 0.0273. The fourth-order valence-corrected chi connectivity index (χ4v) is 2.96. The molecule has 0 bridgehead atoms. The highest BCUT2D eigenvalue weighted by atomic mass is 16.1. The zero-order valence-electron chi connectivity index (χ0n) is 13.9. The zero-order chi connectivity index (χ0) is 16.4. The molecule has 2 aromatic carbocycles. The van der Waals surface area contributed by atoms with Crippen LogP contribution in [0.3, 0.4) is 0 Å². The number of hydrogen-bond donors (Lipinski definition) is 2. The van der Waals surface area contributed by atoms with Gasteiger partial charge in [-0.25, -0.2) is 0 Å². The number of aromatic nitrogens is 1. The van der Waals surface area contributed by atoms with Gasteiger partial charge < -0.3 is 10.3 Å². The van der Waals surface area contributed by atoms with Gasteiger partial charge in [-0.05, 0) is 55.0 Å². The number of nitrogens with one attached hydrogen (secondary N) is 2. The van der Waals surface area contributed by atoms with Crippen LogP contribution >= 0.6 is 0 Å². The van der Waals surface area contributed by atoms with E-state index in [4.69, 9.17) is 0 Å². The number of rotatable bonds is 4. The molecule has 3 aromatic rings. The molecule has 0 saturated heterocycles. The van der Waals surface area contributed by atoms with Crippen molar-refractivity contribution in [2.75, 3.05) is 5.32 Å². The molecule has 0 aliphatic heterocycles. The lowest BCUT2D eigenvalue weighted by molar-refractivity contribution is 1.06. The first-order chi connectivity index (χ1) is 11.1. The summed E-state index contributed by atoms with van der Waals surface area (Å²) in [5.74, 6) is 0. The molecule has 1 heterocycles. The third-order valence-corrected chi connectivity index (χ3v) is 4.27. The molecule has 2 N–H and O–H groups in total. The van der Waals surface area contributed by atoms with E-state index in [0.717, 1.165) is 28.6 Å². The number of fused-ring (bicyclic) bond motifs is 1. The summed E-state index contributed by atoms with van der Waals surface area (Å²) in [4.78, 5) is 15.3. The van der Waals surface area contributed by atoms with Crippen molar-refractivity contribution < 1.29 is 0 Å². The minimum atomic E-state index is -0.0273. The third-order valence-electron chi connectivity index (χ3n) is 4.27. The second kappa shape index (κ2) is 6.29. The summed E-state index contributed by atoms with van der Waals surface area (Å²) in [6, 6.07) is 14.3. The summed E-state index contributed by atoms with van der Waals surface area (Å²) < 4.78 is 0. The van der Waals surface area contributed by atoms with Crippen LogP contribution < -0.4 is 10.9 Å². The smallest absolute Gasteiger partial charge is 0.253 e. The molecule has 3 rings (SSSR count). The summed E-state index contributed by atoms with van der Waals surface area (Å²) in [6.07, 6.45) is 0.970. The Hall–Kier alpha value is -2.55. The maximum atomic E-state index is 12.3. The molecule has 0 radical (unpaired) electrons. The fourth-order valence-electron chi connectivity index (χ4n) is 2.96. The molecule has 0 aliphatic rings. The van der Waals surface area contributed by atoms with E-state index in [2.05, 4.69) is 55.3 Å². The van der Waals surface area contributed by atoms with Crippen molar-refractivity contribution in [3.05, 3.63) is 75.1 Å². The van der Waals surface area contributed by atoms with Crippen LogP contribution in [-0.4, -0.2) is 4.98 Å². The minimum Gasteiger partial charge on any atom is -0.380 e. The second-order valence-corrected chi connectivity index (χ2v) is 6.03. The summed E-state index contributed by atoms with van der Waals surface area (Å²) in [7, 11) is 0. The SMILES string of the molecule is CCc1cccc(C)c1NCc1cc2cc(C)ccc2[nH]c1=O. The number of H-pyrrole nitrogens is 1. The first-order valence-corrected chi connectivity index (χ1v) is 8.03. The Kier molecular flexibility index (Phi) is 4.20. The highest BCUT2D eigenvalue weighted by molar-refractivity contribution is 5.79. The second-order valence-electron chi connectivity index (χ2n) is 6.03. The van der Waals surface area contributed by atoms with Crippen LogP contribution in [0.5, 0.6) is 0 Å². The van der Waals surface area contributed by atoms with Crippen molar-refractivity contribution >= 4 is 16.6 Å². The standard InChI is InChI=1S/C20H22N2O/c1-4-15-7-5-6-14(3)19(15)21-12-17-11-16-10-13(2)8-9-18(16)22-20(17)23/h5-11,21H,4,12H2,1-3H3,(H,22,23). The number of aryl methyl sites for hydroxylation is 3. The lowest BCUT2D eigenvalue weighted by Gasteiger charge is -2.14. The Labute approximate surface area is 136 Å². The van der Waals surface area contributed by atoms with E-state index in [0.29, 0.717) is 6.54 Å². The lowest BCUT2D eigenvalue weighted by atomic mass is 10.1. The van der Waals surface area contributed by atoms with Crippen molar-refractivity contribution in [2.45, 2.75) is 33.7 Å². The normalized spacial score (nSPS) is 10.9. The number of pyridine rings is 1. The van der Waals surface area contributed by atoms with Crippen LogP contribution in [0.1, 0.15) is 29.2 Å². The molecule has 23 heavy (non-hydrogen) atoms. The summed E-state index contributed by atoms with van der Waals surface area (Å²) >= 11 is 0. The molecule has 0 saturated carbocycles. The average molecular weight is 306 g/mol. The summed E-state index contributed by atoms with van der Waals surface area (Å²) in [6.45, 7) is 6.82. The van der Waals surface area contributed by atoms with Crippen molar-refractivity contribution in [2.24, 2.45) is 0 Å². The van der Waals surface area contributed by atoms with Gasteiger partial charge in [-0.15, -0.1) is 0 Å². The molecule has 0 spiro atoms. The van der Waals surface area contributed by atoms with Gasteiger partial charge in [0.05, 0.1) is 0 Å². The molecule has 3 heteroatoms. The Morgan fingerprint density at radius 1 is 1.04 bits per heavy atom. The average Bonchev–Trinajstić information content (AvgIpc) is 2.54.